The van der Waals surface area contributed by atoms with E-state index < -0.39 is 15.8 Å². The van der Waals surface area contributed by atoms with Crippen LogP contribution in [0.3, 0.4) is 0 Å². The van der Waals surface area contributed by atoms with Crippen LogP contribution in [-0.4, -0.2) is 41.2 Å². The molecule has 1 N–H and O–H groups in total. The second-order valence-electron chi connectivity index (χ2n) is 4.64. The lowest BCUT2D eigenvalue weighted by Crippen LogP contribution is -2.47. The van der Waals surface area contributed by atoms with Gasteiger partial charge in [0.1, 0.15) is 10.4 Å². The zero-order valence-electron chi connectivity index (χ0n) is 9.80. The lowest BCUT2D eigenvalue weighted by Gasteiger charge is -2.20. The van der Waals surface area contributed by atoms with Crippen LogP contribution >= 0.6 is 23.2 Å². The van der Waals surface area contributed by atoms with E-state index in [0.29, 0.717) is 6.42 Å². The van der Waals surface area contributed by atoms with Gasteiger partial charge >= 0.3 is 0 Å². The van der Waals surface area contributed by atoms with Crippen LogP contribution in [0.1, 0.15) is 20.3 Å². The summed E-state index contributed by atoms with van der Waals surface area (Å²) in [6.07, 6.45) is 0.415. The highest BCUT2D eigenvalue weighted by atomic mass is 35.5. The van der Waals surface area contributed by atoms with Gasteiger partial charge in [0.15, 0.2) is 0 Å². The van der Waals surface area contributed by atoms with Gasteiger partial charge in [-0.25, -0.2) is 0 Å². The monoisotopic (exact) mass is 266 g/mol. The Morgan fingerprint density at radius 1 is 1.38 bits per heavy atom. The van der Waals surface area contributed by atoms with E-state index in [9.17, 15) is 9.59 Å². The Morgan fingerprint density at radius 2 is 1.81 bits per heavy atom. The Balaban J connectivity index is 2.57. The number of carbonyl (C=O) groups is 2. The zero-order chi connectivity index (χ0) is 12.7. The molecule has 0 aromatic carbocycles. The highest BCUT2D eigenvalue weighted by molar-refractivity contribution is 6.53. The standard InChI is InChI=1S/C10H16Cl2N2O2/c1-6(7(15)14(3)4)13-8(16)9(2)5-10(9,11)12/h6H,5H2,1-4H3,(H,13,16). The molecule has 0 radical (unpaired) electrons. The summed E-state index contributed by atoms with van der Waals surface area (Å²) in [6.45, 7) is 3.32. The SMILES string of the molecule is CC(NC(=O)C1(C)CC1(Cl)Cl)C(=O)N(C)C. The summed E-state index contributed by atoms with van der Waals surface area (Å²) in [5.41, 5.74) is -0.781. The highest BCUT2D eigenvalue weighted by Crippen LogP contribution is 2.63. The molecule has 0 saturated heterocycles. The van der Waals surface area contributed by atoms with E-state index in [-0.39, 0.29) is 11.8 Å². The number of rotatable bonds is 3. The molecule has 2 amide bonds. The minimum absolute atomic E-state index is 0.160. The fourth-order valence-corrected chi connectivity index (χ4v) is 2.16. The third kappa shape index (κ3) is 2.28. The van der Waals surface area contributed by atoms with E-state index in [4.69, 9.17) is 23.2 Å². The maximum Gasteiger partial charge on any atom is 0.244 e. The van der Waals surface area contributed by atoms with Crippen molar-refractivity contribution in [1.29, 1.82) is 0 Å². The van der Waals surface area contributed by atoms with E-state index in [2.05, 4.69) is 5.32 Å². The van der Waals surface area contributed by atoms with Crippen LogP contribution in [0.5, 0.6) is 0 Å². The fourth-order valence-electron chi connectivity index (χ4n) is 1.45. The van der Waals surface area contributed by atoms with E-state index in [0.717, 1.165) is 0 Å². The summed E-state index contributed by atoms with van der Waals surface area (Å²) >= 11 is 11.8. The molecule has 0 spiro atoms. The maximum absolute atomic E-state index is 11.8. The average Bonchev–Trinajstić information content (AvgIpc) is 2.65. The summed E-state index contributed by atoms with van der Waals surface area (Å²) < 4.78 is -1.00. The molecule has 0 aromatic rings. The summed E-state index contributed by atoms with van der Waals surface area (Å²) in [5, 5.41) is 2.62. The Kier molecular flexibility index (Phi) is 3.46. The first-order valence-corrected chi connectivity index (χ1v) is 5.77. The number of alkyl halides is 2. The predicted octanol–water partition coefficient (Wildman–Crippen LogP) is 1.16. The van der Waals surface area contributed by atoms with Gasteiger partial charge in [-0.15, -0.1) is 23.2 Å². The molecule has 0 aromatic heterocycles. The van der Waals surface area contributed by atoms with Crippen molar-refractivity contribution in [3.63, 3.8) is 0 Å². The Labute approximate surface area is 105 Å². The third-order valence-corrected chi connectivity index (χ3v) is 4.02. The number of halogens is 2. The van der Waals surface area contributed by atoms with Crippen LogP contribution in [0.2, 0.25) is 0 Å². The molecule has 0 aliphatic heterocycles. The number of nitrogens with one attached hydrogen (secondary N) is 1. The van der Waals surface area contributed by atoms with Gasteiger partial charge in [-0.2, -0.15) is 0 Å². The summed E-state index contributed by atoms with van der Waals surface area (Å²) in [6, 6.07) is -0.566. The molecule has 16 heavy (non-hydrogen) atoms. The Bertz CT molecular complexity index is 331. The summed E-state index contributed by atoms with van der Waals surface area (Å²) in [4.78, 5) is 24.8. The number of likely N-dealkylation sites (N-methyl/N-ethyl adjacent to an activating group) is 1. The zero-order valence-corrected chi connectivity index (χ0v) is 11.3. The van der Waals surface area contributed by atoms with Gasteiger partial charge in [0, 0.05) is 14.1 Å². The molecule has 0 heterocycles. The van der Waals surface area contributed by atoms with Crippen LogP contribution in [0, 0.1) is 5.41 Å². The molecule has 6 heteroatoms. The summed E-state index contributed by atoms with van der Waals surface area (Å²) in [7, 11) is 3.27. The molecule has 1 fully saturated rings. The topological polar surface area (TPSA) is 49.4 Å². The van der Waals surface area contributed by atoms with Gasteiger partial charge in [-0.1, -0.05) is 0 Å². The van der Waals surface area contributed by atoms with Gasteiger partial charge in [0.05, 0.1) is 5.41 Å². The van der Waals surface area contributed by atoms with Gasteiger partial charge in [-0.05, 0) is 20.3 Å². The third-order valence-electron chi connectivity index (χ3n) is 2.92. The molecule has 1 aliphatic rings. The predicted molar refractivity (Wildman–Crippen MR) is 63.5 cm³/mol. The van der Waals surface area contributed by atoms with Gasteiger partial charge < -0.3 is 10.2 Å². The molecule has 92 valence electrons. The molecule has 1 saturated carbocycles. The van der Waals surface area contributed by atoms with E-state index in [1.807, 2.05) is 0 Å². The van der Waals surface area contributed by atoms with Crippen LogP contribution < -0.4 is 5.32 Å². The lowest BCUT2D eigenvalue weighted by molar-refractivity contribution is -0.135. The fraction of sp³-hybridized carbons (Fsp3) is 0.800. The van der Waals surface area contributed by atoms with Crippen molar-refractivity contribution in [1.82, 2.24) is 10.2 Å². The Morgan fingerprint density at radius 3 is 2.12 bits per heavy atom. The van der Waals surface area contributed by atoms with E-state index in [1.54, 1.807) is 27.9 Å². The Hall–Kier alpha value is -0.480. The molecule has 4 nitrogen and oxygen atoms in total. The van der Waals surface area contributed by atoms with Gasteiger partial charge in [0.25, 0.3) is 0 Å². The van der Waals surface area contributed by atoms with E-state index >= 15 is 0 Å². The molecule has 1 aliphatic carbocycles. The largest absolute Gasteiger partial charge is 0.347 e. The second-order valence-corrected chi connectivity index (χ2v) is 6.13. The molecule has 0 bridgehead atoms. The molecule has 1 rings (SSSR count). The number of hydrogen-bond donors (Lipinski definition) is 1. The quantitative estimate of drug-likeness (QED) is 0.780. The molecular formula is C10H16Cl2N2O2. The van der Waals surface area contributed by atoms with Crippen molar-refractivity contribution >= 4 is 35.0 Å². The maximum atomic E-state index is 11.8. The number of hydrogen-bond acceptors (Lipinski definition) is 2. The number of nitrogens with zero attached hydrogens (tertiary/aromatic N) is 1. The van der Waals surface area contributed by atoms with Crippen molar-refractivity contribution in [3.05, 3.63) is 0 Å². The lowest BCUT2D eigenvalue weighted by atomic mass is 10.1. The average molecular weight is 267 g/mol. The van der Waals surface area contributed by atoms with Crippen molar-refractivity contribution < 1.29 is 9.59 Å². The van der Waals surface area contributed by atoms with Gasteiger partial charge in [-0.3, -0.25) is 9.59 Å². The smallest absolute Gasteiger partial charge is 0.244 e. The van der Waals surface area contributed by atoms with Crippen LogP contribution in [0.25, 0.3) is 0 Å². The first kappa shape index (κ1) is 13.6. The van der Waals surface area contributed by atoms with Crippen molar-refractivity contribution in [2.75, 3.05) is 14.1 Å². The molecule has 2 atom stereocenters. The van der Waals surface area contributed by atoms with Crippen molar-refractivity contribution in [2.45, 2.75) is 30.6 Å². The number of carbonyl (C=O) groups excluding carboxylic acids is 2. The van der Waals surface area contributed by atoms with Gasteiger partial charge in [0.2, 0.25) is 11.8 Å². The van der Waals surface area contributed by atoms with Crippen LogP contribution in [-0.2, 0) is 9.59 Å². The first-order chi connectivity index (χ1) is 7.12. The first-order valence-electron chi connectivity index (χ1n) is 5.02. The minimum atomic E-state index is -1.00. The van der Waals surface area contributed by atoms with Crippen LogP contribution in [0.4, 0.5) is 0 Å². The van der Waals surface area contributed by atoms with Crippen LogP contribution in [0.15, 0.2) is 0 Å². The highest BCUT2D eigenvalue weighted by Gasteiger charge is 2.68. The number of amides is 2. The molecule has 2 unspecified atom stereocenters. The minimum Gasteiger partial charge on any atom is -0.347 e. The van der Waals surface area contributed by atoms with E-state index in [1.165, 1.54) is 4.90 Å². The summed E-state index contributed by atoms with van der Waals surface area (Å²) in [5.74, 6) is -0.437. The second kappa shape index (κ2) is 4.08. The molecular weight excluding hydrogens is 251 g/mol. The normalized spacial score (nSPS) is 28.1. The van der Waals surface area contributed by atoms with Crippen molar-refractivity contribution in [3.8, 4) is 0 Å². The van der Waals surface area contributed by atoms with Crippen molar-refractivity contribution in [2.24, 2.45) is 5.41 Å².